The molecule has 0 aromatic carbocycles. The number of aromatic hydroxyl groups is 1. The maximum absolute atomic E-state index is 10.2. The van der Waals surface area contributed by atoms with Crippen molar-refractivity contribution in [2.75, 3.05) is 13.1 Å². The van der Waals surface area contributed by atoms with Crippen LogP contribution in [0.25, 0.3) is 0 Å². The molecule has 1 aliphatic heterocycles. The first kappa shape index (κ1) is 16.0. The van der Waals surface area contributed by atoms with Gasteiger partial charge < -0.3 is 10.4 Å². The number of aromatic nitrogens is 2. The molecule has 3 heterocycles. The Labute approximate surface area is 146 Å². The molecule has 1 saturated carbocycles. The minimum absolute atomic E-state index is 0.296. The van der Waals surface area contributed by atoms with Gasteiger partial charge >= 0.3 is 0 Å². The molecule has 2 N–H and O–H groups in total. The summed E-state index contributed by atoms with van der Waals surface area (Å²) in [5.74, 6) is 0.296. The first-order valence-electron chi connectivity index (χ1n) is 8.65. The van der Waals surface area contributed by atoms with Crippen molar-refractivity contribution in [3.8, 4) is 5.75 Å². The second-order valence-corrected chi connectivity index (χ2v) is 8.06. The normalized spacial score (nSPS) is 22.2. The van der Waals surface area contributed by atoms with E-state index in [1.54, 1.807) is 17.4 Å². The zero-order valence-corrected chi connectivity index (χ0v) is 14.9. The maximum atomic E-state index is 10.2. The molecule has 2 aromatic rings. The van der Waals surface area contributed by atoms with Crippen LogP contribution < -0.4 is 5.32 Å². The Morgan fingerprint density at radius 1 is 1.33 bits per heavy atom. The molecule has 2 fully saturated rings. The Hall–Kier alpha value is -1.50. The standard InChI is InChI=1S/C18H24N4OS/c1-13-2-3-15(23)14(21-13)11-22(12-17-20-8-9-24-17)16-10-18(16)4-6-19-7-5-18/h2-3,8-9,16,19,23H,4-7,10-12H2,1H3. The van der Waals surface area contributed by atoms with Crippen LogP contribution in [-0.2, 0) is 13.1 Å². The number of piperidine rings is 1. The lowest BCUT2D eigenvalue weighted by atomic mass is 9.93. The highest BCUT2D eigenvalue weighted by molar-refractivity contribution is 7.09. The molecule has 0 bridgehead atoms. The van der Waals surface area contributed by atoms with Crippen molar-refractivity contribution >= 4 is 11.3 Å². The third-order valence-electron chi connectivity index (χ3n) is 5.45. The van der Waals surface area contributed by atoms with Gasteiger partial charge in [0.15, 0.2) is 0 Å². The van der Waals surface area contributed by atoms with Gasteiger partial charge in [-0.25, -0.2) is 4.98 Å². The number of pyridine rings is 1. The van der Waals surface area contributed by atoms with Crippen LogP contribution in [0.4, 0.5) is 0 Å². The van der Waals surface area contributed by atoms with Gasteiger partial charge in [0, 0.05) is 29.9 Å². The maximum Gasteiger partial charge on any atom is 0.138 e. The number of aryl methyl sites for hydroxylation is 1. The summed E-state index contributed by atoms with van der Waals surface area (Å²) in [6.07, 6.45) is 5.62. The van der Waals surface area contributed by atoms with Crippen molar-refractivity contribution < 1.29 is 5.11 Å². The summed E-state index contributed by atoms with van der Waals surface area (Å²) in [5, 5.41) is 16.8. The van der Waals surface area contributed by atoms with Crippen LogP contribution in [0, 0.1) is 12.3 Å². The van der Waals surface area contributed by atoms with Crippen LogP contribution in [0.5, 0.6) is 5.75 Å². The van der Waals surface area contributed by atoms with Gasteiger partial charge in [0.05, 0.1) is 12.2 Å². The molecule has 0 amide bonds. The molecular weight excluding hydrogens is 320 g/mol. The van der Waals surface area contributed by atoms with Crippen LogP contribution >= 0.6 is 11.3 Å². The van der Waals surface area contributed by atoms with Gasteiger partial charge in [0.25, 0.3) is 0 Å². The van der Waals surface area contributed by atoms with Gasteiger partial charge in [-0.15, -0.1) is 11.3 Å². The summed E-state index contributed by atoms with van der Waals surface area (Å²) in [5.41, 5.74) is 2.19. The summed E-state index contributed by atoms with van der Waals surface area (Å²) in [6, 6.07) is 4.19. The van der Waals surface area contributed by atoms with Crippen LogP contribution in [0.1, 0.15) is 35.7 Å². The number of nitrogens with one attached hydrogen (secondary N) is 1. The quantitative estimate of drug-likeness (QED) is 0.873. The van der Waals surface area contributed by atoms with Crippen LogP contribution in [-0.4, -0.2) is 39.1 Å². The first-order valence-corrected chi connectivity index (χ1v) is 9.53. The molecule has 128 valence electrons. The van der Waals surface area contributed by atoms with Crippen LogP contribution in [0.15, 0.2) is 23.7 Å². The average molecular weight is 344 g/mol. The van der Waals surface area contributed by atoms with Crippen molar-refractivity contribution in [3.63, 3.8) is 0 Å². The predicted molar refractivity (Wildman–Crippen MR) is 94.9 cm³/mol. The molecule has 1 aliphatic carbocycles. The lowest BCUT2D eigenvalue weighted by molar-refractivity contribution is 0.184. The number of nitrogens with zero attached hydrogens (tertiary/aromatic N) is 3. The highest BCUT2D eigenvalue weighted by Gasteiger charge is 2.56. The highest BCUT2D eigenvalue weighted by atomic mass is 32.1. The fraction of sp³-hybridized carbons (Fsp3) is 0.556. The van der Waals surface area contributed by atoms with Crippen molar-refractivity contribution in [3.05, 3.63) is 40.1 Å². The Balaban J connectivity index is 1.55. The summed E-state index contributed by atoms with van der Waals surface area (Å²) >= 11 is 1.70. The second kappa shape index (κ2) is 6.43. The third kappa shape index (κ3) is 3.18. The molecule has 1 saturated heterocycles. The molecule has 0 radical (unpaired) electrons. The Bertz CT molecular complexity index is 697. The molecule has 2 aromatic heterocycles. The molecular formula is C18H24N4OS. The summed E-state index contributed by atoms with van der Waals surface area (Å²) < 4.78 is 0. The van der Waals surface area contributed by atoms with Gasteiger partial charge in [-0.2, -0.15) is 0 Å². The lowest BCUT2D eigenvalue weighted by Gasteiger charge is -2.29. The Kier molecular flexibility index (Phi) is 4.28. The van der Waals surface area contributed by atoms with E-state index in [4.69, 9.17) is 0 Å². The largest absolute Gasteiger partial charge is 0.506 e. The fourth-order valence-corrected chi connectivity index (χ4v) is 4.64. The molecule has 1 spiro atoms. The topological polar surface area (TPSA) is 61.3 Å². The Morgan fingerprint density at radius 2 is 2.17 bits per heavy atom. The van der Waals surface area contributed by atoms with Gasteiger partial charge in [0.1, 0.15) is 10.8 Å². The predicted octanol–water partition coefficient (Wildman–Crippen LogP) is 2.70. The molecule has 2 aliphatic rings. The van der Waals surface area contributed by atoms with Crippen LogP contribution in [0.3, 0.4) is 0 Å². The summed E-state index contributed by atoms with van der Waals surface area (Å²) in [4.78, 5) is 11.5. The molecule has 5 nitrogen and oxygen atoms in total. The SMILES string of the molecule is Cc1ccc(O)c(CN(Cc2nccs2)C2CC23CCNCC3)n1. The van der Waals surface area contributed by atoms with Gasteiger partial charge in [0.2, 0.25) is 0 Å². The minimum Gasteiger partial charge on any atom is -0.506 e. The van der Waals surface area contributed by atoms with Crippen molar-refractivity contribution in [2.24, 2.45) is 5.41 Å². The van der Waals surface area contributed by atoms with Crippen LogP contribution in [0.2, 0.25) is 0 Å². The fourth-order valence-electron chi connectivity index (χ4n) is 4.00. The first-order chi connectivity index (χ1) is 11.7. The van der Waals surface area contributed by atoms with E-state index in [1.807, 2.05) is 24.6 Å². The molecule has 1 unspecified atom stereocenters. The monoisotopic (exact) mass is 344 g/mol. The highest BCUT2D eigenvalue weighted by Crippen LogP contribution is 2.56. The smallest absolute Gasteiger partial charge is 0.138 e. The summed E-state index contributed by atoms with van der Waals surface area (Å²) in [6.45, 7) is 5.74. The molecule has 24 heavy (non-hydrogen) atoms. The second-order valence-electron chi connectivity index (χ2n) is 7.08. The van der Waals surface area contributed by atoms with E-state index in [2.05, 4.69) is 20.2 Å². The molecule has 6 heteroatoms. The summed E-state index contributed by atoms with van der Waals surface area (Å²) in [7, 11) is 0. The zero-order chi connectivity index (χ0) is 16.6. The molecule has 4 rings (SSSR count). The van der Waals surface area contributed by atoms with E-state index >= 15 is 0 Å². The van der Waals surface area contributed by atoms with E-state index in [1.165, 1.54) is 19.3 Å². The van der Waals surface area contributed by atoms with E-state index in [9.17, 15) is 5.11 Å². The third-order valence-corrected chi connectivity index (χ3v) is 6.22. The number of hydrogen-bond donors (Lipinski definition) is 2. The average Bonchev–Trinajstić information content (AvgIpc) is 3.02. The lowest BCUT2D eigenvalue weighted by Crippen LogP contribution is -2.36. The van der Waals surface area contributed by atoms with E-state index in [-0.39, 0.29) is 0 Å². The van der Waals surface area contributed by atoms with Gasteiger partial charge in [-0.3, -0.25) is 9.88 Å². The van der Waals surface area contributed by atoms with Gasteiger partial charge in [-0.1, -0.05) is 0 Å². The van der Waals surface area contributed by atoms with Crippen molar-refractivity contribution in [1.82, 2.24) is 20.2 Å². The van der Waals surface area contributed by atoms with E-state index in [0.29, 0.717) is 23.8 Å². The zero-order valence-electron chi connectivity index (χ0n) is 14.0. The number of rotatable bonds is 5. The van der Waals surface area contributed by atoms with E-state index < -0.39 is 0 Å². The van der Waals surface area contributed by atoms with Crippen molar-refractivity contribution in [1.29, 1.82) is 0 Å². The Morgan fingerprint density at radius 3 is 2.92 bits per heavy atom. The van der Waals surface area contributed by atoms with E-state index in [0.717, 1.165) is 36.0 Å². The molecule has 1 atom stereocenters. The number of thiazole rings is 1. The number of hydrogen-bond acceptors (Lipinski definition) is 6. The van der Waals surface area contributed by atoms with Gasteiger partial charge in [-0.05, 0) is 56.8 Å². The van der Waals surface area contributed by atoms with Crippen molar-refractivity contribution in [2.45, 2.75) is 45.3 Å². The minimum atomic E-state index is 0.296.